The molecule has 5 aromatic rings. The molecule has 0 spiro atoms. The first-order chi connectivity index (χ1) is 19.1. The summed E-state index contributed by atoms with van der Waals surface area (Å²) in [5.74, 6) is 1.94. The number of ether oxygens (including phenoxy) is 1. The molecule has 1 aliphatic carbocycles. The Morgan fingerprint density at radius 3 is 2.18 bits per heavy atom. The van der Waals surface area contributed by atoms with Gasteiger partial charge in [-0.25, -0.2) is 4.98 Å². The average molecular weight is 508 g/mol. The summed E-state index contributed by atoms with van der Waals surface area (Å²) in [5.41, 5.74) is 9.11. The number of benzene rings is 4. The fourth-order valence-electron chi connectivity index (χ4n) is 4.96. The second kappa shape index (κ2) is 10.8. The van der Waals surface area contributed by atoms with Gasteiger partial charge in [0.1, 0.15) is 17.3 Å². The van der Waals surface area contributed by atoms with Gasteiger partial charge in [-0.1, -0.05) is 84.4 Å². The molecule has 0 radical (unpaired) electrons. The Balaban J connectivity index is 1.20. The van der Waals surface area contributed by atoms with Crippen molar-refractivity contribution in [3.8, 4) is 33.9 Å². The summed E-state index contributed by atoms with van der Waals surface area (Å²) >= 11 is 0. The van der Waals surface area contributed by atoms with E-state index in [1.165, 1.54) is 16.7 Å². The van der Waals surface area contributed by atoms with Gasteiger partial charge in [-0.3, -0.25) is 0 Å². The van der Waals surface area contributed by atoms with Gasteiger partial charge in [0.05, 0.1) is 11.2 Å². The molecular formula is C36H29NO2. The summed E-state index contributed by atoms with van der Waals surface area (Å²) < 4.78 is 6.17. The van der Waals surface area contributed by atoms with E-state index in [0.29, 0.717) is 5.76 Å². The van der Waals surface area contributed by atoms with Crippen molar-refractivity contribution in [2.75, 3.05) is 0 Å². The van der Waals surface area contributed by atoms with Crippen LogP contribution in [0.25, 0.3) is 33.3 Å². The van der Waals surface area contributed by atoms with Gasteiger partial charge in [-0.15, -0.1) is 0 Å². The van der Waals surface area contributed by atoms with Crippen LogP contribution >= 0.6 is 0 Å². The maximum Gasteiger partial charge on any atom is 0.127 e. The largest absolute Gasteiger partial charge is 0.508 e. The average Bonchev–Trinajstić information content (AvgIpc) is 2.99. The summed E-state index contributed by atoms with van der Waals surface area (Å²) in [5, 5.41) is 10.7. The fraction of sp³-hybridized carbons (Fsp3) is 0.0833. The normalized spacial score (nSPS) is 14.2. The number of allylic oxidation sites excluding steroid dienone is 5. The number of aliphatic hydroxyl groups is 1. The highest BCUT2D eigenvalue weighted by atomic mass is 16.5. The van der Waals surface area contributed by atoms with Crippen molar-refractivity contribution in [2.45, 2.75) is 19.8 Å². The first-order valence-corrected chi connectivity index (χ1v) is 13.2. The standard InChI is InChI=1S/C36H29NO2/c1-25(27-13-17-30(38)18-14-27)23-26-11-19-31(20-12-26)39-32-21-15-28(16-22-32)34-24-36(29-7-3-2-4-8-29)37-35-10-6-5-9-33(34)35/h2-13,15-22,24,38H,14,23H2,1H3. The van der Waals surface area contributed by atoms with E-state index in [-0.39, 0.29) is 0 Å². The zero-order valence-corrected chi connectivity index (χ0v) is 21.8. The Labute approximate surface area is 229 Å². The molecule has 39 heavy (non-hydrogen) atoms. The zero-order valence-electron chi connectivity index (χ0n) is 21.8. The lowest BCUT2D eigenvalue weighted by molar-refractivity contribution is 0.429. The molecule has 190 valence electrons. The Kier molecular flexibility index (Phi) is 6.80. The van der Waals surface area contributed by atoms with Crippen LogP contribution in [0.2, 0.25) is 0 Å². The van der Waals surface area contributed by atoms with Crippen molar-refractivity contribution in [3.63, 3.8) is 0 Å². The monoisotopic (exact) mass is 507 g/mol. The topological polar surface area (TPSA) is 42.4 Å². The third-order valence-electron chi connectivity index (χ3n) is 7.11. The summed E-state index contributed by atoms with van der Waals surface area (Å²) in [4.78, 5) is 4.92. The van der Waals surface area contributed by atoms with Crippen LogP contribution in [-0.2, 0) is 6.42 Å². The number of pyridine rings is 1. The van der Waals surface area contributed by atoms with Crippen molar-refractivity contribution in [1.29, 1.82) is 0 Å². The van der Waals surface area contributed by atoms with E-state index in [1.807, 2.05) is 60.7 Å². The number of hydrogen-bond acceptors (Lipinski definition) is 3. The maximum atomic E-state index is 9.55. The van der Waals surface area contributed by atoms with Gasteiger partial charge in [-0.05, 0) is 90.6 Å². The van der Waals surface area contributed by atoms with Crippen LogP contribution in [-0.4, -0.2) is 10.1 Å². The molecular weight excluding hydrogens is 478 g/mol. The Hall–Kier alpha value is -4.89. The number of aromatic nitrogens is 1. The highest BCUT2D eigenvalue weighted by Crippen LogP contribution is 2.33. The second-order valence-electron chi connectivity index (χ2n) is 9.86. The van der Waals surface area contributed by atoms with Crippen molar-refractivity contribution < 1.29 is 9.84 Å². The van der Waals surface area contributed by atoms with Crippen LogP contribution < -0.4 is 4.74 Å². The third kappa shape index (κ3) is 5.53. The summed E-state index contributed by atoms with van der Waals surface area (Å²) in [6, 6.07) is 37.3. The van der Waals surface area contributed by atoms with Gasteiger partial charge < -0.3 is 9.84 Å². The van der Waals surface area contributed by atoms with E-state index in [0.717, 1.165) is 57.6 Å². The predicted molar refractivity (Wildman–Crippen MR) is 160 cm³/mol. The minimum absolute atomic E-state index is 0.340. The smallest absolute Gasteiger partial charge is 0.127 e. The molecule has 1 N–H and O–H groups in total. The van der Waals surface area contributed by atoms with Crippen LogP contribution in [0.15, 0.2) is 144 Å². The van der Waals surface area contributed by atoms with Crippen LogP contribution in [0.1, 0.15) is 18.9 Å². The molecule has 3 nitrogen and oxygen atoms in total. The van der Waals surface area contributed by atoms with Crippen molar-refractivity contribution >= 4 is 10.9 Å². The Morgan fingerprint density at radius 2 is 1.46 bits per heavy atom. The lowest BCUT2D eigenvalue weighted by Gasteiger charge is -2.12. The van der Waals surface area contributed by atoms with E-state index >= 15 is 0 Å². The van der Waals surface area contributed by atoms with Crippen molar-refractivity contribution in [2.24, 2.45) is 0 Å². The number of para-hydroxylation sites is 1. The number of fused-ring (bicyclic) bond motifs is 1. The second-order valence-corrected chi connectivity index (χ2v) is 9.86. The summed E-state index contributed by atoms with van der Waals surface area (Å²) in [6.45, 7) is 2.15. The molecule has 1 aromatic heterocycles. The fourth-order valence-corrected chi connectivity index (χ4v) is 4.96. The Morgan fingerprint density at radius 1 is 0.769 bits per heavy atom. The molecule has 1 aliphatic rings. The lowest BCUT2D eigenvalue weighted by Crippen LogP contribution is -1.95. The minimum Gasteiger partial charge on any atom is -0.508 e. The first-order valence-electron chi connectivity index (χ1n) is 13.2. The molecule has 0 aliphatic heterocycles. The lowest BCUT2D eigenvalue weighted by atomic mass is 9.96. The third-order valence-corrected chi connectivity index (χ3v) is 7.11. The van der Waals surface area contributed by atoms with Gasteiger partial charge >= 0.3 is 0 Å². The van der Waals surface area contributed by atoms with Gasteiger partial charge in [-0.2, -0.15) is 0 Å². The SMILES string of the molecule is CC(Cc1ccc(Oc2ccc(-c3cc(-c4ccccc4)nc4ccccc34)cc2)cc1)=C1C=CC(O)=CC1. The van der Waals surface area contributed by atoms with Gasteiger partial charge in [0, 0.05) is 10.9 Å². The van der Waals surface area contributed by atoms with Crippen LogP contribution in [0.4, 0.5) is 0 Å². The molecule has 0 atom stereocenters. The number of hydrogen-bond donors (Lipinski definition) is 1. The first kappa shape index (κ1) is 24.4. The van der Waals surface area contributed by atoms with Gasteiger partial charge in [0.15, 0.2) is 0 Å². The highest BCUT2D eigenvalue weighted by molar-refractivity contribution is 5.96. The quantitative estimate of drug-likeness (QED) is 0.249. The number of aliphatic hydroxyl groups excluding tert-OH is 1. The maximum absolute atomic E-state index is 9.55. The Bertz CT molecular complexity index is 1710. The van der Waals surface area contributed by atoms with E-state index in [1.54, 1.807) is 6.08 Å². The van der Waals surface area contributed by atoms with Crippen LogP contribution in [0.5, 0.6) is 11.5 Å². The molecule has 0 saturated carbocycles. The van der Waals surface area contributed by atoms with Crippen LogP contribution in [0.3, 0.4) is 0 Å². The molecule has 0 amide bonds. The molecule has 0 unspecified atom stereocenters. The molecule has 0 bridgehead atoms. The van der Waals surface area contributed by atoms with E-state index in [4.69, 9.17) is 9.72 Å². The number of nitrogens with zero attached hydrogens (tertiary/aromatic N) is 1. The van der Waals surface area contributed by atoms with E-state index < -0.39 is 0 Å². The van der Waals surface area contributed by atoms with Crippen LogP contribution in [0, 0.1) is 0 Å². The minimum atomic E-state index is 0.340. The van der Waals surface area contributed by atoms with Crippen molar-refractivity contribution in [1.82, 2.24) is 4.98 Å². The molecule has 6 rings (SSSR count). The summed E-state index contributed by atoms with van der Waals surface area (Å²) in [7, 11) is 0. The molecule has 0 saturated heterocycles. The highest BCUT2D eigenvalue weighted by Gasteiger charge is 2.10. The summed E-state index contributed by atoms with van der Waals surface area (Å²) in [6.07, 6.45) is 7.25. The molecule has 4 aromatic carbocycles. The zero-order chi connectivity index (χ0) is 26.6. The molecule has 1 heterocycles. The molecule has 3 heteroatoms. The predicted octanol–water partition coefficient (Wildman–Crippen LogP) is 9.62. The number of rotatable bonds is 6. The van der Waals surface area contributed by atoms with Crippen molar-refractivity contribution in [3.05, 3.63) is 150 Å². The van der Waals surface area contributed by atoms with Gasteiger partial charge in [0.25, 0.3) is 0 Å². The molecule has 0 fully saturated rings. The van der Waals surface area contributed by atoms with Gasteiger partial charge in [0.2, 0.25) is 0 Å². The van der Waals surface area contributed by atoms with E-state index in [2.05, 4.69) is 67.6 Å². The van der Waals surface area contributed by atoms with E-state index in [9.17, 15) is 5.11 Å².